The van der Waals surface area contributed by atoms with E-state index in [1.54, 1.807) is 24.3 Å². The molecule has 136 valence electrons. The van der Waals surface area contributed by atoms with Gasteiger partial charge in [0.1, 0.15) is 0 Å². The molecule has 0 saturated heterocycles. The zero-order chi connectivity index (χ0) is 19.0. The Morgan fingerprint density at radius 2 is 1.28 bits per heavy atom. The van der Waals surface area contributed by atoms with E-state index in [9.17, 15) is 9.90 Å². The minimum atomic E-state index is 0.0590. The summed E-state index contributed by atoms with van der Waals surface area (Å²) in [5.41, 5.74) is 0.466. The number of halogens is 2. The summed E-state index contributed by atoms with van der Waals surface area (Å²) in [5, 5.41) is 9.37. The van der Waals surface area contributed by atoms with Crippen molar-refractivity contribution in [3.05, 3.63) is 38.8 Å². The molecule has 6 nitrogen and oxygen atoms in total. The number of carbonyl (C=O) groups excluding carboxylic acids is 1. The van der Waals surface area contributed by atoms with E-state index in [4.69, 9.17) is 18.9 Å². The fourth-order valence-electron chi connectivity index (χ4n) is 1.96. The van der Waals surface area contributed by atoms with Crippen LogP contribution >= 0.6 is 31.9 Å². The van der Waals surface area contributed by atoms with Gasteiger partial charge in [-0.1, -0.05) is 31.9 Å². The Hall–Kier alpha value is -1.93. The lowest BCUT2D eigenvalue weighted by atomic mass is 10.2. The molecule has 0 bridgehead atoms. The molecule has 0 aliphatic carbocycles. The predicted octanol–water partition coefficient (Wildman–Crippen LogP) is 4.45. The second-order valence-corrected chi connectivity index (χ2v) is 6.34. The Labute approximate surface area is 162 Å². The lowest BCUT2D eigenvalue weighted by Gasteiger charge is -2.09. The summed E-state index contributed by atoms with van der Waals surface area (Å²) in [7, 11) is 6.02. The van der Waals surface area contributed by atoms with E-state index in [2.05, 4.69) is 31.9 Å². The maximum Gasteiger partial charge on any atom is 0.203 e. The van der Waals surface area contributed by atoms with Gasteiger partial charge in [0.25, 0.3) is 0 Å². The van der Waals surface area contributed by atoms with Crippen LogP contribution < -0.4 is 18.9 Å². The Bertz CT molecular complexity index is 734. The Morgan fingerprint density at radius 3 is 1.72 bits per heavy atom. The number of carbonyl (C=O) groups is 1. The number of rotatable bonds is 5. The van der Waals surface area contributed by atoms with Crippen LogP contribution in [-0.4, -0.2) is 39.8 Å². The van der Waals surface area contributed by atoms with Crippen molar-refractivity contribution in [2.24, 2.45) is 0 Å². The Morgan fingerprint density at radius 1 is 0.800 bits per heavy atom. The highest BCUT2D eigenvalue weighted by molar-refractivity contribution is 9.10. The SMILES string of the molecule is COc1cc(Br)cc(C=O)c1OC.COc1cc(Br)cc(O)c1OC. The number of phenolic OH excluding ortho intramolecular Hbond substituents is 1. The molecule has 8 heteroatoms. The van der Waals surface area contributed by atoms with Crippen molar-refractivity contribution in [2.45, 2.75) is 0 Å². The minimum absolute atomic E-state index is 0.0590. The summed E-state index contributed by atoms with van der Waals surface area (Å²) in [6.07, 6.45) is 0.728. The molecule has 2 aromatic rings. The van der Waals surface area contributed by atoms with Gasteiger partial charge in [0.05, 0.1) is 34.0 Å². The van der Waals surface area contributed by atoms with Crippen LogP contribution in [0.4, 0.5) is 0 Å². The van der Waals surface area contributed by atoms with Crippen LogP contribution in [0.25, 0.3) is 0 Å². The standard InChI is InChI=1S/C9H9BrO3.C8H9BrO3/c1-12-8-4-7(10)3-6(5-11)9(8)13-2;1-11-7-4-5(9)3-6(10)8(7)12-2/h3-5H,1-2H3;3-4,10H,1-2H3. The van der Waals surface area contributed by atoms with Crippen molar-refractivity contribution >= 4 is 38.1 Å². The van der Waals surface area contributed by atoms with Gasteiger partial charge in [0, 0.05) is 8.95 Å². The smallest absolute Gasteiger partial charge is 0.203 e. The third kappa shape index (κ3) is 5.54. The van der Waals surface area contributed by atoms with Crippen LogP contribution in [0.2, 0.25) is 0 Å². The van der Waals surface area contributed by atoms with Crippen LogP contribution in [-0.2, 0) is 0 Å². The predicted molar refractivity (Wildman–Crippen MR) is 102 cm³/mol. The molecule has 0 unspecified atom stereocenters. The van der Waals surface area contributed by atoms with Gasteiger partial charge >= 0.3 is 0 Å². The Balaban J connectivity index is 0.000000251. The van der Waals surface area contributed by atoms with Crippen LogP contribution in [0, 0.1) is 0 Å². The molecule has 0 saturated carbocycles. The molecule has 0 atom stereocenters. The molecule has 25 heavy (non-hydrogen) atoms. The molecular formula is C17H18Br2O6. The van der Waals surface area contributed by atoms with E-state index >= 15 is 0 Å². The molecule has 1 N–H and O–H groups in total. The van der Waals surface area contributed by atoms with E-state index in [1.807, 2.05) is 0 Å². The van der Waals surface area contributed by atoms with Crippen LogP contribution in [0.5, 0.6) is 28.7 Å². The molecule has 0 amide bonds. The molecule has 0 heterocycles. The quantitative estimate of drug-likeness (QED) is 0.641. The monoisotopic (exact) mass is 476 g/mol. The molecule has 2 rings (SSSR count). The van der Waals surface area contributed by atoms with E-state index < -0.39 is 0 Å². The fraction of sp³-hybridized carbons (Fsp3) is 0.235. The third-order valence-corrected chi connectivity index (χ3v) is 3.94. The van der Waals surface area contributed by atoms with E-state index in [0.717, 1.165) is 15.2 Å². The van der Waals surface area contributed by atoms with E-state index in [0.29, 0.717) is 28.6 Å². The Kier molecular flexibility index (Phi) is 8.57. The maximum atomic E-state index is 10.7. The van der Waals surface area contributed by atoms with E-state index in [-0.39, 0.29) is 5.75 Å². The topological polar surface area (TPSA) is 74.2 Å². The first-order valence-corrected chi connectivity index (χ1v) is 8.47. The van der Waals surface area contributed by atoms with Gasteiger partial charge in [-0.25, -0.2) is 0 Å². The van der Waals surface area contributed by atoms with Crippen molar-refractivity contribution in [2.75, 3.05) is 28.4 Å². The maximum absolute atomic E-state index is 10.7. The number of phenols is 1. The van der Waals surface area contributed by atoms with Crippen LogP contribution in [0.3, 0.4) is 0 Å². The third-order valence-electron chi connectivity index (χ3n) is 3.02. The first-order valence-electron chi connectivity index (χ1n) is 6.88. The van der Waals surface area contributed by atoms with Crippen LogP contribution in [0.1, 0.15) is 10.4 Å². The summed E-state index contributed by atoms with van der Waals surface area (Å²) < 4.78 is 21.5. The van der Waals surface area contributed by atoms with Crippen LogP contribution in [0.15, 0.2) is 33.2 Å². The zero-order valence-electron chi connectivity index (χ0n) is 14.1. The number of ether oxygens (including phenoxy) is 4. The molecular weight excluding hydrogens is 460 g/mol. The highest BCUT2D eigenvalue weighted by atomic mass is 79.9. The first-order chi connectivity index (χ1) is 11.9. The normalized spacial score (nSPS) is 9.52. The van der Waals surface area contributed by atoms with Crippen molar-refractivity contribution in [3.63, 3.8) is 0 Å². The number of benzene rings is 2. The number of aromatic hydroxyl groups is 1. The first kappa shape index (κ1) is 21.1. The van der Waals surface area contributed by atoms with Crippen molar-refractivity contribution < 1.29 is 28.8 Å². The summed E-state index contributed by atoms with van der Waals surface area (Å²) >= 11 is 6.49. The van der Waals surface area contributed by atoms with Gasteiger partial charge in [0.2, 0.25) is 5.75 Å². The average molecular weight is 478 g/mol. The number of methoxy groups -OCH3 is 4. The van der Waals surface area contributed by atoms with Crippen molar-refractivity contribution in [1.29, 1.82) is 0 Å². The molecule has 2 aromatic carbocycles. The minimum Gasteiger partial charge on any atom is -0.504 e. The molecule has 0 aromatic heterocycles. The number of hydrogen-bond donors (Lipinski definition) is 1. The highest BCUT2D eigenvalue weighted by Gasteiger charge is 2.10. The van der Waals surface area contributed by atoms with Gasteiger partial charge in [-0.15, -0.1) is 0 Å². The molecule has 0 aliphatic heterocycles. The van der Waals surface area contributed by atoms with Gasteiger partial charge in [-0.05, 0) is 24.3 Å². The lowest BCUT2D eigenvalue weighted by Crippen LogP contribution is -1.95. The second-order valence-electron chi connectivity index (χ2n) is 4.51. The second kappa shape index (κ2) is 10.1. The lowest BCUT2D eigenvalue weighted by molar-refractivity contribution is 0.112. The summed E-state index contributed by atoms with van der Waals surface area (Å²) in [6, 6.07) is 6.68. The fourth-order valence-corrected chi connectivity index (χ4v) is 2.84. The van der Waals surface area contributed by atoms with Gasteiger partial charge in [-0.2, -0.15) is 0 Å². The van der Waals surface area contributed by atoms with Gasteiger partial charge < -0.3 is 24.1 Å². The van der Waals surface area contributed by atoms with E-state index in [1.165, 1.54) is 28.4 Å². The van der Waals surface area contributed by atoms with Gasteiger partial charge in [-0.3, -0.25) is 4.79 Å². The molecule has 0 radical (unpaired) electrons. The summed E-state index contributed by atoms with van der Waals surface area (Å²) in [6.45, 7) is 0. The van der Waals surface area contributed by atoms with Crippen molar-refractivity contribution in [3.8, 4) is 28.7 Å². The van der Waals surface area contributed by atoms with Crippen molar-refractivity contribution in [1.82, 2.24) is 0 Å². The number of hydrogen-bond acceptors (Lipinski definition) is 6. The molecule has 0 fully saturated rings. The average Bonchev–Trinajstić information content (AvgIpc) is 2.60. The van der Waals surface area contributed by atoms with Gasteiger partial charge in [0.15, 0.2) is 29.3 Å². The molecule has 0 aliphatic rings. The molecule has 0 spiro atoms. The largest absolute Gasteiger partial charge is 0.504 e. The zero-order valence-corrected chi connectivity index (χ0v) is 17.3. The summed E-state index contributed by atoms with van der Waals surface area (Å²) in [4.78, 5) is 10.7. The number of aldehydes is 1. The highest BCUT2D eigenvalue weighted by Crippen LogP contribution is 2.38. The summed E-state index contributed by atoms with van der Waals surface area (Å²) in [5.74, 6) is 1.91.